The van der Waals surface area contributed by atoms with Crippen LogP contribution in [0, 0.1) is 5.41 Å². The Morgan fingerprint density at radius 2 is 0.600 bits per heavy atom. The lowest BCUT2D eigenvalue weighted by Gasteiger charge is -1.98. The largest absolute Gasteiger partial charge is 0.478 e. The number of carboxylic acids is 2. The van der Waals surface area contributed by atoms with Gasteiger partial charge in [0.15, 0.2) is 5.96 Å². The molecule has 7 N–H and O–H groups in total. The van der Waals surface area contributed by atoms with Gasteiger partial charge in [-0.25, -0.2) is 9.59 Å². The standard InChI is InChI=1S/2C12H10.C8H6O4.CH5N3/c2*1-3-7-11(8-4-1)12-9-5-2-6-10-12;9-7(10)5-3-1-2-4-6(5)8(11)12;2-1(3)4/h2*1-10H;1-4H,(H,9,10)(H,11,12);(H5,2,3,4). The summed E-state index contributed by atoms with van der Waals surface area (Å²) in [6.45, 7) is 0. The maximum absolute atomic E-state index is 10.5. The van der Waals surface area contributed by atoms with Gasteiger partial charge in [-0.1, -0.05) is 133 Å². The maximum atomic E-state index is 10.5. The molecule has 0 spiro atoms. The zero-order valence-corrected chi connectivity index (χ0v) is 21.7. The minimum Gasteiger partial charge on any atom is -0.478 e. The Morgan fingerprint density at radius 1 is 0.425 bits per heavy atom. The minimum absolute atomic E-state index is 0.190. The van der Waals surface area contributed by atoms with Crippen molar-refractivity contribution in [2.45, 2.75) is 0 Å². The number of nitrogens with one attached hydrogen (secondary N) is 1. The number of hydrogen-bond donors (Lipinski definition) is 5. The summed E-state index contributed by atoms with van der Waals surface area (Å²) in [5.74, 6) is -2.79. The highest BCUT2D eigenvalue weighted by Crippen LogP contribution is 2.18. The first kappa shape index (κ1) is 30.5. The van der Waals surface area contributed by atoms with Crippen molar-refractivity contribution in [1.29, 1.82) is 5.41 Å². The molecule has 0 radical (unpaired) electrons. The molecule has 0 saturated carbocycles. The Balaban J connectivity index is 0.000000197. The van der Waals surface area contributed by atoms with Crippen LogP contribution < -0.4 is 11.5 Å². The molecule has 0 aliphatic heterocycles. The van der Waals surface area contributed by atoms with Crippen molar-refractivity contribution in [3.63, 3.8) is 0 Å². The predicted molar refractivity (Wildman–Crippen MR) is 160 cm³/mol. The van der Waals surface area contributed by atoms with E-state index in [0.717, 1.165) is 0 Å². The first-order valence-corrected chi connectivity index (χ1v) is 12.2. The van der Waals surface area contributed by atoms with Gasteiger partial charge in [-0.15, -0.1) is 0 Å². The summed E-state index contributed by atoms with van der Waals surface area (Å²) in [5.41, 5.74) is 13.7. The van der Waals surface area contributed by atoms with E-state index in [1.54, 1.807) is 0 Å². The predicted octanol–water partition coefficient (Wildman–Crippen LogP) is 6.63. The SMILES string of the molecule is N=C(N)N.O=C(O)c1ccccc1C(=O)O.c1ccc(-c2ccccc2)cc1.c1ccc(-c2ccccc2)cc1. The molecule has 202 valence electrons. The van der Waals surface area contributed by atoms with Crippen LogP contribution in [0.1, 0.15) is 20.7 Å². The van der Waals surface area contributed by atoms with Crippen molar-refractivity contribution in [3.05, 3.63) is 157 Å². The smallest absolute Gasteiger partial charge is 0.336 e. The van der Waals surface area contributed by atoms with E-state index >= 15 is 0 Å². The molecule has 0 atom stereocenters. The highest BCUT2D eigenvalue weighted by molar-refractivity contribution is 6.01. The molecule has 0 unspecified atom stereocenters. The molecule has 0 heterocycles. The van der Waals surface area contributed by atoms with E-state index in [4.69, 9.17) is 15.6 Å². The van der Waals surface area contributed by atoms with Crippen molar-refractivity contribution >= 4 is 17.9 Å². The Kier molecular flexibility index (Phi) is 12.9. The number of hydrogen-bond acceptors (Lipinski definition) is 3. The van der Waals surface area contributed by atoms with E-state index < -0.39 is 11.9 Å². The van der Waals surface area contributed by atoms with Crippen LogP contribution in [-0.4, -0.2) is 28.1 Å². The summed E-state index contributed by atoms with van der Waals surface area (Å²) in [6, 6.07) is 47.0. The molecule has 7 heteroatoms. The third-order valence-electron chi connectivity index (χ3n) is 5.15. The number of rotatable bonds is 4. The molecule has 0 aromatic heterocycles. The second-order valence-corrected chi connectivity index (χ2v) is 8.08. The quantitative estimate of drug-likeness (QED) is 0.129. The first-order valence-electron chi connectivity index (χ1n) is 12.2. The summed E-state index contributed by atoms with van der Waals surface area (Å²) >= 11 is 0. The van der Waals surface area contributed by atoms with E-state index in [1.807, 2.05) is 24.3 Å². The van der Waals surface area contributed by atoms with Gasteiger partial charge in [-0.3, -0.25) is 5.41 Å². The number of nitrogens with two attached hydrogens (primary N) is 2. The molecular weight excluding hydrogens is 502 g/mol. The Morgan fingerprint density at radius 3 is 0.775 bits per heavy atom. The monoisotopic (exact) mass is 533 g/mol. The molecule has 5 rings (SSSR count). The molecule has 0 saturated heterocycles. The fourth-order valence-corrected chi connectivity index (χ4v) is 3.38. The van der Waals surface area contributed by atoms with Crippen LogP contribution in [0.25, 0.3) is 22.3 Å². The minimum atomic E-state index is -1.23. The van der Waals surface area contributed by atoms with Crippen LogP contribution in [0.5, 0.6) is 0 Å². The van der Waals surface area contributed by atoms with Crippen molar-refractivity contribution in [1.82, 2.24) is 0 Å². The van der Waals surface area contributed by atoms with Crippen LogP contribution >= 0.6 is 0 Å². The lowest BCUT2D eigenvalue weighted by molar-refractivity contribution is 0.0651. The van der Waals surface area contributed by atoms with Crippen LogP contribution in [0.3, 0.4) is 0 Å². The molecule has 5 aromatic carbocycles. The molecule has 0 aliphatic carbocycles. The molecule has 0 fully saturated rings. The van der Waals surface area contributed by atoms with Gasteiger partial charge >= 0.3 is 11.9 Å². The average Bonchev–Trinajstić information content (AvgIpc) is 2.99. The summed E-state index contributed by atoms with van der Waals surface area (Å²) in [7, 11) is 0. The van der Waals surface area contributed by atoms with Gasteiger partial charge in [0, 0.05) is 0 Å². The Labute approximate surface area is 233 Å². The zero-order chi connectivity index (χ0) is 29.2. The Bertz CT molecular complexity index is 1270. The van der Waals surface area contributed by atoms with Gasteiger partial charge < -0.3 is 21.7 Å². The average molecular weight is 534 g/mol. The van der Waals surface area contributed by atoms with Gasteiger partial charge in [-0.05, 0) is 34.4 Å². The number of carboxylic acid groups (broad SMARTS) is 2. The summed E-state index contributed by atoms with van der Waals surface area (Å²) < 4.78 is 0. The summed E-state index contributed by atoms with van der Waals surface area (Å²) in [6.07, 6.45) is 0. The first-order chi connectivity index (χ1) is 19.3. The van der Waals surface area contributed by atoms with Crippen LogP contribution in [0.2, 0.25) is 0 Å². The van der Waals surface area contributed by atoms with E-state index in [2.05, 4.69) is 109 Å². The van der Waals surface area contributed by atoms with E-state index in [-0.39, 0.29) is 17.1 Å². The molecule has 0 aliphatic rings. The third-order valence-corrected chi connectivity index (χ3v) is 5.15. The fraction of sp³-hybridized carbons (Fsp3) is 0. The number of aromatic carboxylic acids is 2. The number of benzene rings is 5. The van der Waals surface area contributed by atoms with Gasteiger partial charge in [-0.2, -0.15) is 0 Å². The second-order valence-electron chi connectivity index (χ2n) is 8.08. The molecular formula is C33H31N3O4. The van der Waals surface area contributed by atoms with Crippen LogP contribution in [-0.2, 0) is 0 Å². The molecule has 7 nitrogen and oxygen atoms in total. The number of guanidine groups is 1. The third kappa shape index (κ3) is 11.1. The molecule has 0 bridgehead atoms. The number of carbonyl (C=O) groups is 2. The van der Waals surface area contributed by atoms with Crippen molar-refractivity contribution in [3.8, 4) is 22.3 Å². The van der Waals surface area contributed by atoms with Gasteiger partial charge in [0.2, 0.25) is 0 Å². The highest BCUT2D eigenvalue weighted by Gasteiger charge is 2.13. The summed E-state index contributed by atoms with van der Waals surface area (Å²) in [5, 5.41) is 23.2. The molecule has 40 heavy (non-hydrogen) atoms. The van der Waals surface area contributed by atoms with E-state index in [0.29, 0.717) is 0 Å². The van der Waals surface area contributed by atoms with Gasteiger partial charge in [0.25, 0.3) is 0 Å². The van der Waals surface area contributed by atoms with Crippen LogP contribution in [0.4, 0.5) is 0 Å². The van der Waals surface area contributed by atoms with E-state index in [1.165, 1.54) is 46.5 Å². The van der Waals surface area contributed by atoms with E-state index in [9.17, 15) is 9.59 Å². The van der Waals surface area contributed by atoms with Gasteiger partial charge in [0.1, 0.15) is 0 Å². The lowest BCUT2D eigenvalue weighted by Crippen LogP contribution is -2.20. The van der Waals surface area contributed by atoms with Crippen molar-refractivity contribution in [2.75, 3.05) is 0 Å². The normalized spacial score (nSPS) is 9.20. The lowest BCUT2D eigenvalue weighted by atomic mass is 10.1. The van der Waals surface area contributed by atoms with Crippen molar-refractivity contribution < 1.29 is 19.8 Å². The van der Waals surface area contributed by atoms with Crippen LogP contribution in [0.15, 0.2) is 146 Å². The second kappa shape index (κ2) is 16.9. The van der Waals surface area contributed by atoms with Crippen molar-refractivity contribution in [2.24, 2.45) is 11.5 Å². The molecule has 5 aromatic rings. The maximum Gasteiger partial charge on any atom is 0.336 e. The van der Waals surface area contributed by atoms with Gasteiger partial charge in [0.05, 0.1) is 11.1 Å². The molecule has 0 amide bonds. The summed E-state index contributed by atoms with van der Waals surface area (Å²) in [4.78, 5) is 20.9. The topological polar surface area (TPSA) is 150 Å². The highest BCUT2D eigenvalue weighted by atomic mass is 16.4. The zero-order valence-electron chi connectivity index (χ0n) is 21.7. The Hall–Kier alpha value is -5.69. The fourth-order valence-electron chi connectivity index (χ4n) is 3.38.